The third-order valence-electron chi connectivity index (χ3n) is 4.35. The highest BCUT2D eigenvalue weighted by atomic mass is 35.5. The van der Waals surface area contributed by atoms with Gasteiger partial charge >= 0.3 is 0 Å². The molecule has 1 fully saturated rings. The van der Waals surface area contributed by atoms with Gasteiger partial charge in [0.15, 0.2) is 5.65 Å². The maximum atomic E-state index is 12.7. The van der Waals surface area contributed by atoms with Crippen LogP contribution < -0.4 is 4.90 Å². The molecular formula is C17H17ClN6O. The van der Waals surface area contributed by atoms with E-state index >= 15 is 0 Å². The standard InChI is InChI=1S/C17H17ClN6O/c18-14-3-2-13(12-20-14)17(25)23-9-1-8-22(10-11-23)16-5-6-19-15-4-7-21-24(15)16/h2-7,12H,1,8-11H2. The highest BCUT2D eigenvalue weighted by molar-refractivity contribution is 6.29. The van der Waals surface area contributed by atoms with E-state index in [4.69, 9.17) is 11.6 Å². The zero-order valence-corrected chi connectivity index (χ0v) is 14.3. The average molecular weight is 357 g/mol. The van der Waals surface area contributed by atoms with Gasteiger partial charge in [-0.05, 0) is 24.6 Å². The van der Waals surface area contributed by atoms with Crippen molar-refractivity contribution in [2.24, 2.45) is 0 Å². The predicted molar refractivity (Wildman–Crippen MR) is 95.0 cm³/mol. The molecule has 25 heavy (non-hydrogen) atoms. The molecule has 1 saturated heterocycles. The summed E-state index contributed by atoms with van der Waals surface area (Å²) in [5.41, 5.74) is 1.39. The van der Waals surface area contributed by atoms with Crippen molar-refractivity contribution in [3.05, 3.63) is 53.6 Å². The summed E-state index contributed by atoms with van der Waals surface area (Å²) in [6.45, 7) is 2.96. The van der Waals surface area contributed by atoms with Crippen molar-refractivity contribution in [1.29, 1.82) is 0 Å². The Kier molecular flexibility index (Phi) is 4.23. The molecule has 4 rings (SSSR count). The largest absolute Gasteiger partial charge is 0.355 e. The average Bonchev–Trinajstić information content (AvgIpc) is 2.98. The predicted octanol–water partition coefficient (Wildman–Crippen LogP) is 2.13. The molecule has 0 aromatic carbocycles. The number of amides is 1. The second kappa shape index (κ2) is 6.68. The number of hydrogen-bond acceptors (Lipinski definition) is 5. The number of carbonyl (C=O) groups excluding carboxylic acids is 1. The minimum Gasteiger partial charge on any atom is -0.355 e. The van der Waals surface area contributed by atoms with Crippen LogP contribution in [0.15, 0.2) is 42.9 Å². The van der Waals surface area contributed by atoms with Crippen LogP contribution in [0.4, 0.5) is 5.82 Å². The molecule has 0 radical (unpaired) electrons. The van der Waals surface area contributed by atoms with E-state index in [1.54, 1.807) is 24.5 Å². The number of nitrogens with zero attached hydrogens (tertiary/aromatic N) is 6. The molecule has 0 atom stereocenters. The normalized spacial score (nSPS) is 15.4. The SMILES string of the molecule is O=C(c1ccc(Cl)nc1)N1CCCN(c2ccnc3ccnn23)CC1. The van der Waals surface area contributed by atoms with Crippen LogP contribution in [-0.2, 0) is 0 Å². The van der Waals surface area contributed by atoms with Gasteiger partial charge in [0.1, 0.15) is 11.0 Å². The van der Waals surface area contributed by atoms with Crippen LogP contribution in [-0.4, -0.2) is 56.6 Å². The Balaban J connectivity index is 1.51. The van der Waals surface area contributed by atoms with Crippen molar-refractivity contribution >= 4 is 29.0 Å². The van der Waals surface area contributed by atoms with Gasteiger partial charge in [0.2, 0.25) is 0 Å². The number of rotatable bonds is 2. The number of aromatic nitrogens is 4. The van der Waals surface area contributed by atoms with Gasteiger partial charge < -0.3 is 9.80 Å². The van der Waals surface area contributed by atoms with Crippen molar-refractivity contribution in [3.8, 4) is 0 Å². The Labute approximate surface area is 149 Å². The van der Waals surface area contributed by atoms with E-state index < -0.39 is 0 Å². The van der Waals surface area contributed by atoms with E-state index in [0.29, 0.717) is 23.8 Å². The van der Waals surface area contributed by atoms with E-state index in [2.05, 4.69) is 20.0 Å². The van der Waals surface area contributed by atoms with Gasteiger partial charge in [0.25, 0.3) is 5.91 Å². The molecule has 128 valence electrons. The van der Waals surface area contributed by atoms with Gasteiger partial charge in [0.05, 0.1) is 11.8 Å². The number of halogens is 1. The molecule has 0 saturated carbocycles. The van der Waals surface area contributed by atoms with Crippen molar-refractivity contribution in [3.63, 3.8) is 0 Å². The number of anilines is 1. The second-order valence-corrected chi connectivity index (χ2v) is 6.29. The van der Waals surface area contributed by atoms with E-state index in [0.717, 1.165) is 31.0 Å². The molecular weight excluding hydrogens is 340 g/mol. The van der Waals surface area contributed by atoms with Crippen molar-refractivity contribution in [1.82, 2.24) is 24.5 Å². The fraction of sp³-hybridized carbons (Fsp3) is 0.294. The highest BCUT2D eigenvalue weighted by Crippen LogP contribution is 2.18. The van der Waals surface area contributed by atoms with Gasteiger partial charge in [-0.2, -0.15) is 9.61 Å². The van der Waals surface area contributed by atoms with E-state index in [1.165, 1.54) is 6.20 Å². The van der Waals surface area contributed by atoms with Gasteiger partial charge in [-0.1, -0.05) is 11.6 Å². The molecule has 3 aromatic rings. The zero-order chi connectivity index (χ0) is 17.2. The lowest BCUT2D eigenvalue weighted by Crippen LogP contribution is -2.35. The number of hydrogen-bond donors (Lipinski definition) is 0. The van der Waals surface area contributed by atoms with Crippen LogP contribution in [0.1, 0.15) is 16.8 Å². The first kappa shape index (κ1) is 15.8. The molecule has 1 aliphatic rings. The highest BCUT2D eigenvalue weighted by Gasteiger charge is 2.22. The summed E-state index contributed by atoms with van der Waals surface area (Å²) in [4.78, 5) is 25.1. The summed E-state index contributed by atoms with van der Waals surface area (Å²) in [5.74, 6) is 0.988. The minimum absolute atomic E-state index is 0.00928. The topological polar surface area (TPSA) is 66.6 Å². The molecule has 3 aromatic heterocycles. The van der Waals surface area contributed by atoms with Crippen molar-refractivity contribution in [2.45, 2.75) is 6.42 Å². The molecule has 4 heterocycles. The van der Waals surface area contributed by atoms with Gasteiger partial charge in [-0.3, -0.25) is 4.79 Å². The zero-order valence-electron chi connectivity index (χ0n) is 13.5. The van der Waals surface area contributed by atoms with Crippen molar-refractivity contribution < 1.29 is 4.79 Å². The molecule has 1 aliphatic heterocycles. The summed E-state index contributed by atoms with van der Waals surface area (Å²) in [7, 11) is 0. The fourth-order valence-corrected chi connectivity index (χ4v) is 3.21. The van der Waals surface area contributed by atoms with E-state index in [-0.39, 0.29) is 5.91 Å². The first-order chi connectivity index (χ1) is 12.2. The Hall–Kier alpha value is -2.67. The monoisotopic (exact) mass is 356 g/mol. The lowest BCUT2D eigenvalue weighted by molar-refractivity contribution is 0.0766. The molecule has 8 heteroatoms. The molecule has 0 N–H and O–H groups in total. The summed E-state index contributed by atoms with van der Waals surface area (Å²) in [6.07, 6.45) is 5.95. The minimum atomic E-state index is -0.00928. The lowest BCUT2D eigenvalue weighted by atomic mass is 10.2. The molecule has 0 unspecified atom stereocenters. The maximum absolute atomic E-state index is 12.7. The van der Waals surface area contributed by atoms with Gasteiger partial charge in [-0.25, -0.2) is 9.97 Å². The van der Waals surface area contributed by atoms with Crippen LogP contribution in [0, 0.1) is 0 Å². The maximum Gasteiger partial charge on any atom is 0.255 e. The van der Waals surface area contributed by atoms with E-state index in [1.807, 2.05) is 21.5 Å². The summed E-state index contributed by atoms with van der Waals surface area (Å²) >= 11 is 5.80. The molecule has 0 bridgehead atoms. The van der Waals surface area contributed by atoms with Crippen LogP contribution >= 0.6 is 11.6 Å². The summed E-state index contributed by atoms with van der Waals surface area (Å²) in [6, 6.07) is 7.20. The number of carbonyl (C=O) groups is 1. The third kappa shape index (κ3) is 3.15. The third-order valence-corrected chi connectivity index (χ3v) is 4.58. The Morgan fingerprint density at radius 3 is 2.76 bits per heavy atom. The number of pyridine rings is 1. The van der Waals surface area contributed by atoms with Crippen LogP contribution in [0.2, 0.25) is 5.15 Å². The number of fused-ring (bicyclic) bond motifs is 1. The van der Waals surface area contributed by atoms with Crippen molar-refractivity contribution in [2.75, 3.05) is 31.1 Å². The van der Waals surface area contributed by atoms with E-state index in [9.17, 15) is 4.79 Å². The van der Waals surface area contributed by atoms with Gasteiger partial charge in [-0.15, -0.1) is 0 Å². The first-order valence-electron chi connectivity index (χ1n) is 8.17. The van der Waals surface area contributed by atoms with Crippen LogP contribution in [0.5, 0.6) is 0 Å². The Morgan fingerprint density at radius 1 is 1.00 bits per heavy atom. The smallest absolute Gasteiger partial charge is 0.255 e. The Bertz CT molecular complexity index is 894. The first-order valence-corrected chi connectivity index (χ1v) is 8.55. The van der Waals surface area contributed by atoms with Crippen LogP contribution in [0.25, 0.3) is 5.65 Å². The summed E-state index contributed by atoms with van der Waals surface area (Å²) < 4.78 is 1.83. The quantitative estimate of drug-likeness (QED) is 0.658. The molecule has 1 amide bonds. The molecule has 0 aliphatic carbocycles. The molecule has 7 nitrogen and oxygen atoms in total. The molecule has 0 spiro atoms. The van der Waals surface area contributed by atoms with Gasteiger partial charge in [0, 0.05) is 44.6 Å². The van der Waals surface area contributed by atoms with Crippen LogP contribution in [0.3, 0.4) is 0 Å². The fourth-order valence-electron chi connectivity index (χ4n) is 3.10. The Morgan fingerprint density at radius 2 is 1.92 bits per heavy atom. The second-order valence-electron chi connectivity index (χ2n) is 5.91. The lowest BCUT2D eigenvalue weighted by Gasteiger charge is -2.23. The summed E-state index contributed by atoms with van der Waals surface area (Å²) in [5, 5.41) is 4.73.